The monoisotopic (exact) mass is 328 g/mol. The summed E-state index contributed by atoms with van der Waals surface area (Å²) in [6.45, 7) is 3.72. The third kappa shape index (κ3) is 3.03. The van der Waals surface area contributed by atoms with Gasteiger partial charge in [-0.05, 0) is 42.7 Å². The number of hydrogen-bond donors (Lipinski definition) is 1. The predicted molar refractivity (Wildman–Crippen MR) is 77.5 cm³/mol. The highest BCUT2D eigenvalue weighted by Crippen LogP contribution is 2.32. The molecule has 0 unspecified atom stereocenters. The second kappa shape index (κ2) is 5.42. The summed E-state index contributed by atoms with van der Waals surface area (Å²) in [7, 11) is 1.95. The topological polar surface area (TPSA) is 71.3 Å². The summed E-state index contributed by atoms with van der Waals surface area (Å²) in [5.74, 6) is 0.464. The molecular weight excluding hydrogens is 312 g/mol. The molecule has 1 fully saturated rings. The van der Waals surface area contributed by atoms with Crippen LogP contribution in [-0.4, -0.2) is 35.6 Å². The van der Waals surface area contributed by atoms with Gasteiger partial charge in [0, 0.05) is 35.4 Å². The van der Waals surface area contributed by atoms with Gasteiger partial charge in [-0.3, -0.25) is 10.1 Å². The number of anilines is 1. The average molecular weight is 329 g/mol. The van der Waals surface area contributed by atoms with Crippen LogP contribution in [0.25, 0.3) is 0 Å². The second-order valence-electron chi connectivity index (χ2n) is 5.05. The predicted octanol–water partition coefficient (Wildman–Crippen LogP) is 2.33. The van der Waals surface area contributed by atoms with Gasteiger partial charge in [-0.2, -0.15) is 0 Å². The van der Waals surface area contributed by atoms with Crippen LogP contribution in [0.5, 0.6) is 0 Å². The first-order valence-corrected chi connectivity index (χ1v) is 6.98. The van der Waals surface area contributed by atoms with E-state index in [-0.39, 0.29) is 16.1 Å². The third-order valence-electron chi connectivity index (χ3n) is 3.78. The van der Waals surface area contributed by atoms with Crippen LogP contribution in [0.15, 0.2) is 16.7 Å². The molecule has 6 nitrogen and oxygen atoms in total. The van der Waals surface area contributed by atoms with Gasteiger partial charge < -0.3 is 10.2 Å². The van der Waals surface area contributed by atoms with E-state index in [2.05, 4.69) is 33.2 Å². The summed E-state index contributed by atoms with van der Waals surface area (Å²) in [6.07, 6.45) is 3.49. The Bertz CT molecular complexity index is 487. The first kappa shape index (κ1) is 14.2. The quantitative estimate of drug-likeness (QED) is 0.681. The van der Waals surface area contributed by atoms with E-state index in [1.54, 1.807) is 6.20 Å². The Morgan fingerprint density at radius 2 is 2.16 bits per heavy atom. The summed E-state index contributed by atoms with van der Waals surface area (Å²) >= 11 is 3.22. The number of aromatic nitrogens is 1. The molecule has 104 valence electrons. The summed E-state index contributed by atoms with van der Waals surface area (Å²) < 4.78 is 0.625. The van der Waals surface area contributed by atoms with E-state index < -0.39 is 0 Å². The van der Waals surface area contributed by atoms with E-state index in [1.165, 1.54) is 6.07 Å². The zero-order valence-electron chi connectivity index (χ0n) is 11.0. The Labute approximate surface area is 120 Å². The SMILES string of the molecule is CNC1(C)CCN(c2ncc(Br)cc2[N+](=O)[O-])CC1. The maximum Gasteiger partial charge on any atom is 0.312 e. The molecule has 0 aromatic carbocycles. The highest BCUT2D eigenvalue weighted by molar-refractivity contribution is 9.10. The van der Waals surface area contributed by atoms with E-state index in [0.29, 0.717) is 10.3 Å². The van der Waals surface area contributed by atoms with Gasteiger partial charge in [0.15, 0.2) is 0 Å². The number of hydrogen-bond acceptors (Lipinski definition) is 5. The lowest BCUT2D eigenvalue weighted by Crippen LogP contribution is -2.50. The largest absolute Gasteiger partial charge is 0.351 e. The number of piperidine rings is 1. The summed E-state index contributed by atoms with van der Waals surface area (Å²) in [5, 5.41) is 14.4. The van der Waals surface area contributed by atoms with Crippen LogP contribution in [0, 0.1) is 10.1 Å². The lowest BCUT2D eigenvalue weighted by atomic mass is 9.90. The Hall–Kier alpha value is -1.21. The van der Waals surface area contributed by atoms with Crippen molar-refractivity contribution in [1.82, 2.24) is 10.3 Å². The number of nitro groups is 1. The minimum atomic E-state index is -0.376. The van der Waals surface area contributed by atoms with E-state index in [1.807, 2.05) is 11.9 Å². The molecule has 0 aliphatic carbocycles. The van der Waals surface area contributed by atoms with Crippen LogP contribution in [0.1, 0.15) is 19.8 Å². The Morgan fingerprint density at radius 1 is 1.53 bits per heavy atom. The second-order valence-corrected chi connectivity index (χ2v) is 5.97. The van der Waals surface area contributed by atoms with Crippen LogP contribution in [0.3, 0.4) is 0 Å². The molecule has 0 spiro atoms. The lowest BCUT2D eigenvalue weighted by molar-refractivity contribution is -0.384. The third-order valence-corrected chi connectivity index (χ3v) is 4.21. The van der Waals surface area contributed by atoms with Crippen molar-refractivity contribution in [2.75, 3.05) is 25.0 Å². The lowest BCUT2D eigenvalue weighted by Gasteiger charge is -2.39. The van der Waals surface area contributed by atoms with Crippen LogP contribution in [0.2, 0.25) is 0 Å². The van der Waals surface area contributed by atoms with Crippen LogP contribution >= 0.6 is 15.9 Å². The molecule has 1 aliphatic heterocycles. The number of nitrogens with one attached hydrogen (secondary N) is 1. The zero-order chi connectivity index (χ0) is 14.0. The molecule has 0 saturated carbocycles. The first-order valence-electron chi connectivity index (χ1n) is 6.19. The maximum absolute atomic E-state index is 11.1. The number of nitrogens with zero attached hydrogens (tertiary/aromatic N) is 3. The van der Waals surface area contributed by atoms with Crippen molar-refractivity contribution in [2.45, 2.75) is 25.3 Å². The summed E-state index contributed by atoms with van der Waals surface area (Å²) in [6, 6.07) is 1.51. The van der Waals surface area contributed by atoms with Crippen molar-refractivity contribution in [2.24, 2.45) is 0 Å². The maximum atomic E-state index is 11.1. The number of rotatable bonds is 3. The number of halogens is 1. The van der Waals surface area contributed by atoms with Crippen molar-refractivity contribution < 1.29 is 4.92 Å². The fourth-order valence-electron chi connectivity index (χ4n) is 2.26. The normalized spacial score (nSPS) is 18.4. The smallest absolute Gasteiger partial charge is 0.312 e. The van der Waals surface area contributed by atoms with Crippen molar-refractivity contribution in [1.29, 1.82) is 0 Å². The fraction of sp³-hybridized carbons (Fsp3) is 0.583. The van der Waals surface area contributed by atoms with E-state index in [9.17, 15) is 10.1 Å². The van der Waals surface area contributed by atoms with Crippen LogP contribution in [0.4, 0.5) is 11.5 Å². The van der Waals surface area contributed by atoms with Gasteiger partial charge in [0.2, 0.25) is 5.82 Å². The fourth-order valence-corrected chi connectivity index (χ4v) is 2.58. The van der Waals surface area contributed by atoms with E-state index >= 15 is 0 Å². The molecular formula is C12H17BrN4O2. The Kier molecular flexibility index (Phi) is 4.05. The van der Waals surface area contributed by atoms with Crippen LogP contribution < -0.4 is 10.2 Å². The molecule has 1 saturated heterocycles. The molecule has 1 aromatic heterocycles. The molecule has 1 N–H and O–H groups in total. The molecule has 19 heavy (non-hydrogen) atoms. The molecule has 2 rings (SSSR count). The molecule has 0 bridgehead atoms. The number of pyridine rings is 1. The Balaban J connectivity index is 2.22. The highest BCUT2D eigenvalue weighted by atomic mass is 79.9. The highest BCUT2D eigenvalue weighted by Gasteiger charge is 2.31. The van der Waals surface area contributed by atoms with Gasteiger partial charge in [-0.15, -0.1) is 0 Å². The molecule has 0 atom stereocenters. The van der Waals surface area contributed by atoms with Crippen molar-refractivity contribution in [3.8, 4) is 0 Å². The summed E-state index contributed by atoms with van der Waals surface area (Å²) in [4.78, 5) is 16.9. The van der Waals surface area contributed by atoms with E-state index in [0.717, 1.165) is 25.9 Å². The van der Waals surface area contributed by atoms with Crippen molar-refractivity contribution in [3.63, 3.8) is 0 Å². The zero-order valence-corrected chi connectivity index (χ0v) is 12.6. The van der Waals surface area contributed by atoms with Crippen molar-refractivity contribution in [3.05, 3.63) is 26.9 Å². The minimum Gasteiger partial charge on any atom is -0.351 e. The molecule has 0 amide bonds. The van der Waals surface area contributed by atoms with Crippen molar-refractivity contribution >= 4 is 27.4 Å². The Morgan fingerprint density at radius 3 is 2.68 bits per heavy atom. The van der Waals surface area contributed by atoms with Gasteiger partial charge in [-0.25, -0.2) is 4.98 Å². The van der Waals surface area contributed by atoms with Gasteiger partial charge in [0.05, 0.1) is 4.92 Å². The van der Waals surface area contributed by atoms with Gasteiger partial charge in [0.1, 0.15) is 0 Å². The standard InChI is InChI=1S/C12H17BrN4O2/c1-12(14-2)3-5-16(6-4-12)11-10(17(18)19)7-9(13)8-15-11/h7-8,14H,3-6H2,1-2H3. The summed E-state index contributed by atoms with van der Waals surface area (Å²) in [5.41, 5.74) is 0.170. The molecule has 2 heterocycles. The van der Waals surface area contributed by atoms with E-state index in [4.69, 9.17) is 0 Å². The minimum absolute atomic E-state index is 0.0578. The van der Waals surface area contributed by atoms with Crippen LogP contribution in [-0.2, 0) is 0 Å². The van der Waals surface area contributed by atoms with Gasteiger partial charge >= 0.3 is 5.69 Å². The van der Waals surface area contributed by atoms with Gasteiger partial charge in [0.25, 0.3) is 0 Å². The molecule has 1 aliphatic rings. The molecule has 1 aromatic rings. The molecule has 0 radical (unpaired) electrons. The average Bonchev–Trinajstić information content (AvgIpc) is 2.40. The molecule has 7 heteroatoms. The van der Waals surface area contributed by atoms with Gasteiger partial charge in [-0.1, -0.05) is 0 Å². The first-order chi connectivity index (χ1) is 8.95.